The molecule has 1 aromatic carbocycles. The molecule has 4 heteroatoms. The first-order valence-electron chi connectivity index (χ1n) is 7.32. The Bertz CT molecular complexity index is 579. The molecule has 1 heterocycles. The molecule has 106 valence electrons. The molecule has 0 saturated heterocycles. The van der Waals surface area contributed by atoms with Crippen LogP contribution in [0.2, 0.25) is 0 Å². The van der Waals surface area contributed by atoms with Crippen LogP contribution in [0.1, 0.15) is 32.1 Å². The van der Waals surface area contributed by atoms with E-state index in [4.69, 9.17) is 0 Å². The first-order chi connectivity index (χ1) is 9.81. The first kappa shape index (κ1) is 13.7. The Balaban J connectivity index is 1.72. The third-order valence-electron chi connectivity index (χ3n) is 4.26. The van der Waals surface area contributed by atoms with Gasteiger partial charge in [-0.25, -0.2) is 9.97 Å². The Labute approximate surface area is 124 Å². The highest BCUT2D eigenvalue weighted by molar-refractivity contribution is 8.00. The van der Waals surface area contributed by atoms with Crippen molar-refractivity contribution < 1.29 is 0 Å². The van der Waals surface area contributed by atoms with Crippen molar-refractivity contribution in [3.05, 3.63) is 30.5 Å². The van der Waals surface area contributed by atoms with Crippen molar-refractivity contribution in [2.45, 2.75) is 36.9 Å². The Kier molecular flexibility index (Phi) is 4.10. The number of para-hydroxylation sites is 1. The fraction of sp³-hybridized carbons (Fsp3) is 0.500. The largest absolute Gasteiger partial charge is 0.353 e. The van der Waals surface area contributed by atoms with E-state index in [1.165, 1.54) is 32.1 Å². The summed E-state index contributed by atoms with van der Waals surface area (Å²) in [6.07, 6.45) is 10.8. The molecule has 1 aliphatic rings. The summed E-state index contributed by atoms with van der Waals surface area (Å²) in [5, 5.41) is 4.55. The van der Waals surface area contributed by atoms with E-state index in [-0.39, 0.29) is 0 Å². The number of nitrogens with one attached hydrogen (secondary N) is 1. The van der Waals surface area contributed by atoms with E-state index in [0.29, 0.717) is 4.75 Å². The zero-order chi connectivity index (χ0) is 13.8. The lowest BCUT2D eigenvalue weighted by Gasteiger charge is -2.35. The molecule has 20 heavy (non-hydrogen) atoms. The summed E-state index contributed by atoms with van der Waals surface area (Å²) in [5.41, 5.74) is 1.01. The van der Waals surface area contributed by atoms with Crippen molar-refractivity contribution in [3.63, 3.8) is 0 Å². The number of fused-ring (bicyclic) bond motifs is 1. The molecule has 3 rings (SSSR count). The summed E-state index contributed by atoms with van der Waals surface area (Å²) in [6.45, 7) is 0.965. The summed E-state index contributed by atoms with van der Waals surface area (Å²) in [5.74, 6) is 0.752. The summed E-state index contributed by atoms with van der Waals surface area (Å²) < 4.78 is 0.368. The highest BCUT2D eigenvalue weighted by Gasteiger charge is 2.31. The number of nitrogens with zero attached hydrogens (tertiary/aromatic N) is 2. The number of thioether (sulfide) groups is 1. The topological polar surface area (TPSA) is 37.8 Å². The number of benzene rings is 1. The number of hydrogen-bond acceptors (Lipinski definition) is 4. The fourth-order valence-corrected chi connectivity index (χ4v) is 3.86. The van der Waals surface area contributed by atoms with Gasteiger partial charge in [0.1, 0.15) is 0 Å². The van der Waals surface area contributed by atoms with E-state index in [0.717, 1.165) is 23.4 Å². The van der Waals surface area contributed by atoms with Crippen LogP contribution in [0.3, 0.4) is 0 Å². The van der Waals surface area contributed by atoms with Gasteiger partial charge in [-0.2, -0.15) is 11.8 Å². The van der Waals surface area contributed by atoms with Crippen molar-refractivity contribution >= 4 is 28.6 Å². The van der Waals surface area contributed by atoms with Crippen molar-refractivity contribution in [1.29, 1.82) is 0 Å². The van der Waals surface area contributed by atoms with Crippen LogP contribution >= 0.6 is 11.8 Å². The van der Waals surface area contributed by atoms with Gasteiger partial charge in [-0.1, -0.05) is 37.5 Å². The molecule has 0 atom stereocenters. The van der Waals surface area contributed by atoms with Crippen LogP contribution in [-0.4, -0.2) is 27.5 Å². The monoisotopic (exact) mass is 287 g/mol. The third-order valence-corrected chi connectivity index (χ3v) is 5.67. The summed E-state index contributed by atoms with van der Waals surface area (Å²) in [6, 6.07) is 8.12. The number of anilines is 1. The Morgan fingerprint density at radius 3 is 2.80 bits per heavy atom. The molecule has 2 aromatic rings. The van der Waals surface area contributed by atoms with Gasteiger partial charge < -0.3 is 5.32 Å². The Morgan fingerprint density at radius 1 is 1.20 bits per heavy atom. The van der Waals surface area contributed by atoms with Gasteiger partial charge in [0.05, 0.1) is 5.52 Å². The molecule has 0 amide bonds. The lowest BCUT2D eigenvalue weighted by molar-refractivity contribution is 0.411. The van der Waals surface area contributed by atoms with Crippen LogP contribution in [0.15, 0.2) is 30.5 Å². The minimum atomic E-state index is 0.368. The fourth-order valence-electron chi connectivity index (χ4n) is 2.95. The minimum Gasteiger partial charge on any atom is -0.353 e. The molecule has 0 unspecified atom stereocenters. The minimum absolute atomic E-state index is 0.368. The van der Waals surface area contributed by atoms with E-state index in [9.17, 15) is 0 Å². The maximum absolute atomic E-state index is 4.59. The van der Waals surface area contributed by atoms with Gasteiger partial charge in [-0.3, -0.25) is 0 Å². The van der Waals surface area contributed by atoms with Crippen molar-refractivity contribution in [2.75, 3.05) is 18.1 Å². The molecule has 1 N–H and O–H groups in total. The molecule has 1 saturated carbocycles. The van der Waals surface area contributed by atoms with Crippen molar-refractivity contribution in [3.8, 4) is 0 Å². The zero-order valence-corrected chi connectivity index (χ0v) is 12.7. The van der Waals surface area contributed by atoms with Gasteiger partial charge in [-0.05, 0) is 25.2 Å². The second-order valence-electron chi connectivity index (χ2n) is 5.55. The number of aromatic nitrogens is 2. The second-order valence-corrected chi connectivity index (χ2v) is 6.83. The molecule has 1 aliphatic carbocycles. The maximum Gasteiger partial charge on any atom is 0.223 e. The Hall–Kier alpha value is -1.29. The zero-order valence-electron chi connectivity index (χ0n) is 11.9. The lowest BCUT2D eigenvalue weighted by atomic mass is 9.88. The molecule has 1 fully saturated rings. The van der Waals surface area contributed by atoms with Crippen LogP contribution in [0.4, 0.5) is 5.95 Å². The second kappa shape index (κ2) is 6.00. The molecule has 0 radical (unpaired) electrons. The van der Waals surface area contributed by atoms with E-state index in [1.807, 2.05) is 42.2 Å². The number of rotatable bonds is 4. The van der Waals surface area contributed by atoms with E-state index in [1.54, 1.807) is 0 Å². The standard InChI is InChI=1S/C16H21N3S/c1-20-16(9-5-2-6-10-16)12-18-15-17-11-13-7-3-4-8-14(13)19-15/h3-4,7-8,11H,2,5-6,9-10,12H2,1H3,(H,17,18,19). The van der Waals surface area contributed by atoms with E-state index >= 15 is 0 Å². The maximum atomic E-state index is 4.59. The molecule has 0 bridgehead atoms. The van der Waals surface area contributed by atoms with E-state index in [2.05, 4.69) is 21.5 Å². The normalized spacial score (nSPS) is 18.1. The molecule has 1 aromatic heterocycles. The molecular formula is C16H21N3S. The average molecular weight is 287 g/mol. The quantitative estimate of drug-likeness (QED) is 0.918. The van der Waals surface area contributed by atoms with Crippen LogP contribution < -0.4 is 5.32 Å². The van der Waals surface area contributed by atoms with Crippen molar-refractivity contribution in [1.82, 2.24) is 9.97 Å². The van der Waals surface area contributed by atoms with Crippen molar-refractivity contribution in [2.24, 2.45) is 0 Å². The van der Waals surface area contributed by atoms with Crippen LogP contribution in [0.25, 0.3) is 10.9 Å². The highest BCUT2D eigenvalue weighted by atomic mass is 32.2. The van der Waals surface area contributed by atoms with Crippen LogP contribution in [0.5, 0.6) is 0 Å². The van der Waals surface area contributed by atoms with E-state index < -0.39 is 0 Å². The molecule has 0 aliphatic heterocycles. The van der Waals surface area contributed by atoms with Gasteiger partial charge in [-0.15, -0.1) is 0 Å². The summed E-state index contributed by atoms with van der Waals surface area (Å²) in [7, 11) is 0. The predicted molar refractivity (Wildman–Crippen MR) is 87.4 cm³/mol. The van der Waals surface area contributed by atoms with Gasteiger partial charge in [0.15, 0.2) is 0 Å². The highest BCUT2D eigenvalue weighted by Crippen LogP contribution is 2.38. The summed E-state index contributed by atoms with van der Waals surface area (Å²) >= 11 is 2.00. The lowest BCUT2D eigenvalue weighted by Crippen LogP contribution is -2.35. The van der Waals surface area contributed by atoms with Crippen LogP contribution in [0, 0.1) is 0 Å². The van der Waals surface area contributed by atoms with Gasteiger partial charge in [0, 0.05) is 22.9 Å². The SMILES string of the molecule is CSC1(CNc2ncc3ccccc3n2)CCCCC1. The molecular weight excluding hydrogens is 266 g/mol. The summed E-state index contributed by atoms with van der Waals surface area (Å²) in [4.78, 5) is 9.02. The first-order valence-corrected chi connectivity index (χ1v) is 8.55. The van der Waals surface area contributed by atoms with Crippen LogP contribution in [-0.2, 0) is 0 Å². The van der Waals surface area contributed by atoms with Gasteiger partial charge >= 0.3 is 0 Å². The predicted octanol–water partition coefficient (Wildman–Crippen LogP) is 4.11. The average Bonchev–Trinajstić information content (AvgIpc) is 2.54. The van der Waals surface area contributed by atoms with Gasteiger partial charge in [0.25, 0.3) is 0 Å². The third kappa shape index (κ3) is 2.90. The molecule has 0 spiro atoms. The Morgan fingerprint density at radius 2 is 2.00 bits per heavy atom. The molecule has 3 nitrogen and oxygen atoms in total. The number of hydrogen-bond donors (Lipinski definition) is 1. The van der Waals surface area contributed by atoms with Gasteiger partial charge in [0.2, 0.25) is 5.95 Å². The smallest absolute Gasteiger partial charge is 0.223 e.